The summed E-state index contributed by atoms with van der Waals surface area (Å²) in [5.74, 6) is 5.37. The number of hydrazine groups is 1. The summed E-state index contributed by atoms with van der Waals surface area (Å²) in [5.41, 5.74) is 5.97. The quantitative estimate of drug-likeness (QED) is 0.666. The van der Waals surface area contributed by atoms with Crippen LogP contribution in [0.5, 0.6) is 0 Å². The van der Waals surface area contributed by atoms with Crippen LogP contribution >= 0.6 is 15.9 Å². The fourth-order valence-corrected chi connectivity index (χ4v) is 2.42. The Morgan fingerprint density at radius 2 is 1.89 bits per heavy atom. The molecule has 0 heterocycles. The molecule has 0 amide bonds. The minimum absolute atomic E-state index is 0.0429. The molecule has 2 aromatic carbocycles. The van der Waals surface area contributed by atoms with E-state index < -0.39 is 0 Å². The Morgan fingerprint density at radius 1 is 1.21 bits per heavy atom. The zero-order chi connectivity index (χ0) is 13.8. The molecule has 1 atom stereocenters. The predicted molar refractivity (Wildman–Crippen MR) is 79.0 cm³/mol. The largest absolute Gasteiger partial charge is 0.271 e. The van der Waals surface area contributed by atoms with Crippen molar-refractivity contribution in [2.75, 3.05) is 0 Å². The van der Waals surface area contributed by atoms with Gasteiger partial charge in [-0.3, -0.25) is 11.3 Å². The third-order valence-electron chi connectivity index (χ3n) is 3.14. The predicted octanol–water partition coefficient (Wildman–Crippen LogP) is 3.64. The third-order valence-corrected chi connectivity index (χ3v) is 4.02. The Morgan fingerprint density at radius 3 is 2.53 bits per heavy atom. The molecular formula is C15H16BrFN2. The molecule has 0 aromatic heterocycles. The molecule has 3 N–H and O–H groups in total. The van der Waals surface area contributed by atoms with E-state index in [2.05, 4.69) is 21.4 Å². The Labute approximate surface area is 120 Å². The maximum absolute atomic E-state index is 13.5. The highest BCUT2D eigenvalue weighted by Crippen LogP contribution is 2.25. The molecule has 0 saturated heterocycles. The number of hydrogen-bond donors (Lipinski definition) is 2. The van der Waals surface area contributed by atoms with E-state index in [-0.39, 0.29) is 11.9 Å². The van der Waals surface area contributed by atoms with Crippen molar-refractivity contribution in [1.82, 2.24) is 5.43 Å². The van der Waals surface area contributed by atoms with Crippen molar-refractivity contribution in [3.8, 4) is 0 Å². The van der Waals surface area contributed by atoms with E-state index in [1.54, 1.807) is 6.07 Å². The summed E-state index contributed by atoms with van der Waals surface area (Å²) < 4.78 is 14.0. The van der Waals surface area contributed by atoms with Crippen LogP contribution in [0.2, 0.25) is 0 Å². The van der Waals surface area contributed by atoms with Gasteiger partial charge in [0.25, 0.3) is 0 Å². The van der Waals surface area contributed by atoms with Crippen LogP contribution in [0.1, 0.15) is 22.7 Å². The van der Waals surface area contributed by atoms with Gasteiger partial charge in [-0.15, -0.1) is 0 Å². The fourth-order valence-electron chi connectivity index (χ4n) is 2.00. The van der Waals surface area contributed by atoms with Gasteiger partial charge in [-0.2, -0.15) is 0 Å². The lowest BCUT2D eigenvalue weighted by Gasteiger charge is -2.17. The smallest absolute Gasteiger partial charge is 0.137 e. The van der Waals surface area contributed by atoms with Crippen LogP contribution < -0.4 is 11.3 Å². The molecule has 2 nitrogen and oxygen atoms in total. The first-order valence-corrected chi connectivity index (χ1v) is 6.86. The number of nitrogens with one attached hydrogen (secondary N) is 1. The highest BCUT2D eigenvalue weighted by molar-refractivity contribution is 9.10. The normalized spacial score (nSPS) is 12.4. The molecule has 1 unspecified atom stereocenters. The fraction of sp³-hybridized carbons (Fsp3) is 0.200. The summed E-state index contributed by atoms with van der Waals surface area (Å²) in [7, 11) is 0. The minimum atomic E-state index is -0.253. The van der Waals surface area contributed by atoms with Crippen molar-refractivity contribution in [3.63, 3.8) is 0 Å². The zero-order valence-electron chi connectivity index (χ0n) is 10.7. The number of benzene rings is 2. The Hall–Kier alpha value is -1.23. The number of halogens is 2. The van der Waals surface area contributed by atoms with E-state index in [0.29, 0.717) is 10.9 Å². The standard InChI is InChI=1S/C15H16BrFN2/c1-10-5-7-11(8-6-10)14(19-18)9-12-3-2-4-13(17)15(12)16/h2-8,14,19H,9,18H2,1H3. The van der Waals surface area contributed by atoms with Gasteiger partial charge in [-0.1, -0.05) is 42.0 Å². The van der Waals surface area contributed by atoms with E-state index in [1.807, 2.05) is 37.3 Å². The summed E-state index contributed by atoms with van der Waals surface area (Å²) >= 11 is 3.28. The van der Waals surface area contributed by atoms with Crippen molar-refractivity contribution in [2.24, 2.45) is 5.84 Å². The molecule has 0 spiro atoms. The maximum Gasteiger partial charge on any atom is 0.137 e. The van der Waals surface area contributed by atoms with Crippen molar-refractivity contribution in [2.45, 2.75) is 19.4 Å². The van der Waals surface area contributed by atoms with Gasteiger partial charge in [0, 0.05) is 0 Å². The van der Waals surface area contributed by atoms with Crippen LogP contribution in [0.3, 0.4) is 0 Å². The highest BCUT2D eigenvalue weighted by atomic mass is 79.9. The SMILES string of the molecule is Cc1ccc(C(Cc2cccc(F)c2Br)NN)cc1. The highest BCUT2D eigenvalue weighted by Gasteiger charge is 2.13. The third kappa shape index (κ3) is 3.41. The van der Waals surface area contributed by atoms with E-state index in [4.69, 9.17) is 5.84 Å². The lowest BCUT2D eigenvalue weighted by Crippen LogP contribution is -2.29. The van der Waals surface area contributed by atoms with Gasteiger partial charge in [0.15, 0.2) is 0 Å². The second-order valence-electron chi connectivity index (χ2n) is 4.55. The molecular weight excluding hydrogens is 307 g/mol. The molecule has 0 aliphatic heterocycles. The van der Waals surface area contributed by atoms with E-state index in [0.717, 1.165) is 11.1 Å². The molecule has 2 aromatic rings. The van der Waals surface area contributed by atoms with Crippen molar-refractivity contribution < 1.29 is 4.39 Å². The van der Waals surface area contributed by atoms with Crippen LogP contribution in [0.4, 0.5) is 4.39 Å². The topological polar surface area (TPSA) is 38.0 Å². The van der Waals surface area contributed by atoms with Gasteiger partial charge in [-0.25, -0.2) is 4.39 Å². The van der Waals surface area contributed by atoms with Gasteiger partial charge in [0.05, 0.1) is 10.5 Å². The molecule has 0 aliphatic rings. The number of hydrogen-bond acceptors (Lipinski definition) is 2. The first kappa shape index (κ1) is 14.2. The summed E-state index contributed by atoms with van der Waals surface area (Å²) in [5, 5.41) is 0. The molecule has 2 rings (SSSR count). The van der Waals surface area contributed by atoms with Crippen molar-refractivity contribution in [3.05, 3.63) is 69.4 Å². The minimum Gasteiger partial charge on any atom is -0.271 e. The molecule has 0 saturated carbocycles. The van der Waals surface area contributed by atoms with Crippen LogP contribution in [-0.2, 0) is 6.42 Å². The Balaban J connectivity index is 2.24. The second-order valence-corrected chi connectivity index (χ2v) is 5.34. The molecule has 0 bridgehead atoms. The first-order chi connectivity index (χ1) is 9.11. The summed E-state index contributed by atoms with van der Waals surface area (Å²) in [6.07, 6.45) is 0.623. The Kier molecular flexibility index (Phi) is 4.69. The van der Waals surface area contributed by atoms with Gasteiger partial charge < -0.3 is 0 Å². The molecule has 0 aliphatic carbocycles. The molecule has 4 heteroatoms. The molecule has 0 radical (unpaired) electrons. The van der Waals surface area contributed by atoms with E-state index in [1.165, 1.54) is 11.6 Å². The molecule has 0 fully saturated rings. The van der Waals surface area contributed by atoms with Crippen LogP contribution in [-0.4, -0.2) is 0 Å². The monoisotopic (exact) mass is 322 g/mol. The zero-order valence-corrected chi connectivity index (χ0v) is 12.2. The van der Waals surface area contributed by atoms with Gasteiger partial charge in [0.1, 0.15) is 5.82 Å². The second kappa shape index (κ2) is 6.28. The molecule has 19 heavy (non-hydrogen) atoms. The Bertz CT molecular complexity index is 555. The lowest BCUT2D eigenvalue weighted by molar-refractivity contribution is 0.546. The average molecular weight is 323 g/mol. The molecule has 100 valence electrons. The van der Waals surface area contributed by atoms with E-state index in [9.17, 15) is 4.39 Å². The lowest BCUT2D eigenvalue weighted by atomic mass is 9.98. The number of aryl methyl sites for hydroxylation is 1. The van der Waals surface area contributed by atoms with Gasteiger partial charge in [-0.05, 0) is 46.5 Å². The van der Waals surface area contributed by atoms with Crippen molar-refractivity contribution >= 4 is 15.9 Å². The number of rotatable bonds is 4. The first-order valence-electron chi connectivity index (χ1n) is 6.07. The van der Waals surface area contributed by atoms with Crippen LogP contribution in [0.25, 0.3) is 0 Å². The average Bonchev–Trinajstić information content (AvgIpc) is 2.42. The van der Waals surface area contributed by atoms with Crippen LogP contribution in [0.15, 0.2) is 46.9 Å². The number of nitrogens with two attached hydrogens (primary N) is 1. The van der Waals surface area contributed by atoms with Gasteiger partial charge >= 0.3 is 0 Å². The summed E-state index contributed by atoms with van der Waals surface area (Å²) in [6, 6.07) is 13.1. The van der Waals surface area contributed by atoms with Gasteiger partial charge in [0.2, 0.25) is 0 Å². The van der Waals surface area contributed by atoms with Crippen molar-refractivity contribution in [1.29, 1.82) is 0 Å². The summed E-state index contributed by atoms with van der Waals surface area (Å²) in [4.78, 5) is 0. The maximum atomic E-state index is 13.5. The van der Waals surface area contributed by atoms with Crippen LogP contribution in [0, 0.1) is 12.7 Å². The summed E-state index contributed by atoms with van der Waals surface area (Å²) in [6.45, 7) is 2.04. The van der Waals surface area contributed by atoms with E-state index >= 15 is 0 Å².